The number of halogens is 1. The lowest BCUT2D eigenvalue weighted by molar-refractivity contribution is 0.497. The summed E-state index contributed by atoms with van der Waals surface area (Å²) in [5.74, 6) is 1.48. The van der Waals surface area contributed by atoms with E-state index in [0.29, 0.717) is 0 Å². The van der Waals surface area contributed by atoms with Crippen LogP contribution < -0.4 is 4.90 Å². The Bertz CT molecular complexity index is 802. The Labute approximate surface area is 138 Å². The normalized spacial score (nSPS) is 17.9. The lowest BCUT2D eigenvalue weighted by atomic mass is 9.95. The summed E-state index contributed by atoms with van der Waals surface area (Å²) in [6, 6.07) is 3.17. The predicted octanol–water partition coefficient (Wildman–Crippen LogP) is 2.78. The zero-order chi connectivity index (χ0) is 16.4. The van der Waals surface area contributed by atoms with E-state index in [0.717, 1.165) is 49.0 Å². The Morgan fingerprint density at radius 1 is 1.17 bits per heavy atom. The maximum Gasteiger partial charge on any atom is 0.157 e. The van der Waals surface area contributed by atoms with E-state index in [4.69, 9.17) is 4.98 Å². The first-order valence-corrected chi connectivity index (χ1v) is 7.98. The van der Waals surface area contributed by atoms with Crippen LogP contribution in [0, 0.1) is 5.82 Å². The third kappa shape index (κ3) is 2.97. The van der Waals surface area contributed by atoms with Crippen molar-refractivity contribution in [1.82, 2.24) is 24.9 Å². The van der Waals surface area contributed by atoms with Crippen LogP contribution in [-0.4, -0.2) is 38.0 Å². The third-order valence-electron chi connectivity index (χ3n) is 4.27. The first-order chi connectivity index (χ1) is 11.8. The average molecular weight is 324 g/mol. The summed E-state index contributed by atoms with van der Waals surface area (Å²) >= 11 is 0. The third-order valence-corrected chi connectivity index (χ3v) is 4.27. The average Bonchev–Trinajstić information content (AvgIpc) is 3.17. The number of aromatic nitrogens is 5. The molecular weight excluding hydrogens is 307 g/mol. The maximum atomic E-state index is 13.1. The van der Waals surface area contributed by atoms with Crippen LogP contribution in [0.4, 0.5) is 10.2 Å². The van der Waals surface area contributed by atoms with Gasteiger partial charge in [0, 0.05) is 37.6 Å². The molecule has 7 heteroatoms. The van der Waals surface area contributed by atoms with Gasteiger partial charge in [0.15, 0.2) is 5.82 Å². The number of H-pyrrole nitrogens is 1. The molecule has 0 radical (unpaired) electrons. The smallest absolute Gasteiger partial charge is 0.157 e. The molecule has 1 atom stereocenters. The van der Waals surface area contributed by atoms with Gasteiger partial charge < -0.3 is 9.88 Å². The van der Waals surface area contributed by atoms with Gasteiger partial charge in [-0.2, -0.15) is 0 Å². The molecule has 6 nitrogen and oxygen atoms in total. The van der Waals surface area contributed by atoms with Gasteiger partial charge in [0.2, 0.25) is 0 Å². The Kier molecular flexibility index (Phi) is 3.90. The highest BCUT2D eigenvalue weighted by Crippen LogP contribution is 2.28. The molecule has 0 aliphatic carbocycles. The van der Waals surface area contributed by atoms with E-state index < -0.39 is 0 Å². The second-order valence-corrected chi connectivity index (χ2v) is 5.89. The molecule has 24 heavy (non-hydrogen) atoms. The predicted molar refractivity (Wildman–Crippen MR) is 88.0 cm³/mol. The molecule has 3 aromatic rings. The zero-order valence-electron chi connectivity index (χ0n) is 13.1. The Morgan fingerprint density at radius 2 is 2.12 bits per heavy atom. The van der Waals surface area contributed by atoms with Gasteiger partial charge in [-0.1, -0.05) is 0 Å². The number of nitrogens with one attached hydrogen (secondary N) is 1. The topological polar surface area (TPSA) is 70.6 Å². The standard InChI is InChI=1S/C17H17FN6/c18-13-3-4-16(22-8-13)24-7-1-2-12(11-24)14-9-19-10-15(23-14)17-20-5-6-21-17/h3-6,8-10,12H,1-2,7,11H2,(H,20,21)/t12-/m0/s1. The molecule has 1 aliphatic heterocycles. The van der Waals surface area contributed by atoms with E-state index in [1.807, 2.05) is 6.20 Å². The fraction of sp³-hybridized carbons (Fsp3) is 0.294. The number of imidazole rings is 1. The van der Waals surface area contributed by atoms with Crippen molar-refractivity contribution in [2.45, 2.75) is 18.8 Å². The van der Waals surface area contributed by atoms with Crippen LogP contribution in [0.15, 0.2) is 43.1 Å². The lowest BCUT2D eigenvalue weighted by Gasteiger charge is -2.33. The molecule has 0 aromatic carbocycles. The molecule has 1 aliphatic rings. The molecule has 0 bridgehead atoms. The van der Waals surface area contributed by atoms with Crippen LogP contribution >= 0.6 is 0 Å². The highest BCUT2D eigenvalue weighted by Gasteiger charge is 2.24. The minimum absolute atomic E-state index is 0.271. The summed E-state index contributed by atoms with van der Waals surface area (Å²) in [6.07, 6.45) is 10.3. The number of piperidine rings is 1. The number of aromatic amines is 1. The maximum absolute atomic E-state index is 13.1. The van der Waals surface area contributed by atoms with Crippen molar-refractivity contribution in [3.8, 4) is 11.5 Å². The molecule has 1 saturated heterocycles. The zero-order valence-corrected chi connectivity index (χ0v) is 13.1. The number of rotatable bonds is 3. The molecular formula is C17H17FN6. The van der Waals surface area contributed by atoms with E-state index in [2.05, 4.69) is 24.8 Å². The molecule has 0 saturated carbocycles. The number of hydrogen-bond donors (Lipinski definition) is 1. The van der Waals surface area contributed by atoms with Crippen LogP contribution in [0.1, 0.15) is 24.5 Å². The lowest BCUT2D eigenvalue weighted by Crippen LogP contribution is -2.35. The van der Waals surface area contributed by atoms with E-state index in [-0.39, 0.29) is 11.7 Å². The SMILES string of the molecule is Fc1ccc(N2CCC[C@H](c3cncc(-c4ncc[nH]4)n3)C2)nc1. The monoisotopic (exact) mass is 324 g/mol. The Hall–Kier alpha value is -2.83. The van der Waals surface area contributed by atoms with Gasteiger partial charge in [-0.05, 0) is 25.0 Å². The highest BCUT2D eigenvalue weighted by atomic mass is 19.1. The number of pyridine rings is 1. The number of nitrogens with zero attached hydrogens (tertiary/aromatic N) is 5. The summed E-state index contributed by atoms with van der Waals surface area (Å²) in [7, 11) is 0. The van der Waals surface area contributed by atoms with E-state index in [9.17, 15) is 4.39 Å². The first kappa shape index (κ1) is 14.7. The fourth-order valence-corrected chi connectivity index (χ4v) is 3.08. The van der Waals surface area contributed by atoms with Crippen molar-refractivity contribution in [3.63, 3.8) is 0 Å². The van der Waals surface area contributed by atoms with Gasteiger partial charge in [-0.25, -0.2) is 19.3 Å². The molecule has 0 amide bonds. The second kappa shape index (κ2) is 6.35. The summed E-state index contributed by atoms with van der Waals surface area (Å²) in [5, 5.41) is 0. The molecule has 3 aromatic heterocycles. The number of anilines is 1. The quantitative estimate of drug-likeness (QED) is 0.802. The van der Waals surface area contributed by atoms with Crippen LogP contribution in [-0.2, 0) is 0 Å². The number of hydrogen-bond acceptors (Lipinski definition) is 5. The minimum atomic E-state index is -0.315. The molecule has 122 valence electrons. The van der Waals surface area contributed by atoms with Crippen LogP contribution in [0.2, 0.25) is 0 Å². The van der Waals surface area contributed by atoms with E-state index >= 15 is 0 Å². The van der Waals surface area contributed by atoms with Crippen LogP contribution in [0.3, 0.4) is 0 Å². The van der Waals surface area contributed by atoms with Crippen molar-refractivity contribution >= 4 is 5.82 Å². The second-order valence-electron chi connectivity index (χ2n) is 5.89. The minimum Gasteiger partial charge on any atom is -0.356 e. The van der Waals surface area contributed by atoms with Crippen molar-refractivity contribution < 1.29 is 4.39 Å². The van der Waals surface area contributed by atoms with Gasteiger partial charge >= 0.3 is 0 Å². The first-order valence-electron chi connectivity index (χ1n) is 7.98. The molecule has 0 spiro atoms. The van der Waals surface area contributed by atoms with Crippen LogP contribution in [0.5, 0.6) is 0 Å². The van der Waals surface area contributed by atoms with Crippen molar-refractivity contribution in [2.24, 2.45) is 0 Å². The van der Waals surface area contributed by atoms with Crippen molar-refractivity contribution in [1.29, 1.82) is 0 Å². The van der Waals surface area contributed by atoms with Gasteiger partial charge in [0.05, 0.1) is 18.1 Å². The van der Waals surface area contributed by atoms with Crippen LogP contribution in [0.25, 0.3) is 11.5 Å². The largest absolute Gasteiger partial charge is 0.356 e. The molecule has 0 unspecified atom stereocenters. The van der Waals surface area contributed by atoms with Gasteiger partial charge in [-0.3, -0.25) is 4.98 Å². The van der Waals surface area contributed by atoms with Gasteiger partial charge in [0.25, 0.3) is 0 Å². The summed E-state index contributed by atoms with van der Waals surface area (Å²) in [6.45, 7) is 1.72. The van der Waals surface area contributed by atoms with Crippen molar-refractivity contribution in [3.05, 3.63) is 54.6 Å². The van der Waals surface area contributed by atoms with Gasteiger partial charge in [-0.15, -0.1) is 0 Å². The van der Waals surface area contributed by atoms with E-state index in [1.165, 1.54) is 12.3 Å². The summed E-state index contributed by atoms with van der Waals surface area (Å²) in [4.78, 5) is 22.7. The molecule has 1 fully saturated rings. The fourth-order valence-electron chi connectivity index (χ4n) is 3.08. The van der Waals surface area contributed by atoms with Gasteiger partial charge in [0.1, 0.15) is 17.3 Å². The molecule has 4 heterocycles. The summed E-state index contributed by atoms with van der Waals surface area (Å²) in [5.41, 5.74) is 1.70. The Balaban J connectivity index is 1.56. The molecule has 1 N–H and O–H groups in total. The Morgan fingerprint density at radius 3 is 2.92 bits per heavy atom. The van der Waals surface area contributed by atoms with E-state index in [1.54, 1.807) is 24.7 Å². The highest BCUT2D eigenvalue weighted by molar-refractivity contribution is 5.47. The summed E-state index contributed by atoms with van der Waals surface area (Å²) < 4.78 is 13.1. The molecule has 4 rings (SSSR count). The van der Waals surface area contributed by atoms with Crippen molar-refractivity contribution in [2.75, 3.05) is 18.0 Å².